The second-order valence-corrected chi connectivity index (χ2v) is 4.04. The van der Waals surface area contributed by atoms with Crippen molar-refractivity contribution in [3.05, 3.63) is 28.0 Å². The van der Waals surface area contributed by atoms with Gasteiger partial charge < -0.3 is 0 Å². The third-order valence-electron chi connectivity index (χ3n) is 1.78. The highest BCUT2D eigenvalue weighted by atomic mass is 79.9. The largest absolute Gasteiger partial charge is 0.433 e. The van der Waals surface area contributed by atoms with Gasteiger partial charge >= 0.3 is 6.18 Å². The Labute approximate surface area is 88.5 Å². The van der Waals surface area contributed by atoms with Crippen molar-refractivity contribution >= 4 is 15.9 Å². The van der Waals surface area contributed by atoms with E-state index < -0.39 is 11.9 Å². The molecule has 0 aromatic carbocycles. The zero-order valence-electron chi connectivity index (χ0n) is 7.69. The Hall–Kier alpha value is -0.580. The van der Waals surface area contributed by atoms with E-state index >= 15 is 0 Å². The zero-order valence-corrected chi connectivity index (χ0v) is 9.28. The number of halogens is 4. The van der Waals surface area contributed by atoms with Gasteiger partial charge in [-0.25, -0.2) is 4.98 Å². The van der Waals surface area contributed by atoms with Crippen molar-refractivity contribution in [3.8, 4) is 0 Å². The molecular formula is C9H9BrF3N. The molecule has 1 aromatic heterocycles. The van der Waals surface area contributed by atoms with E-state index in [-0.39, 0.29) is 16.1 Å². The van der Waals surface area contributed by atoms with Crippen LogP contribution >= 0.6 is 15.9 Å². The number of hydrogen-bond acceptors (Lipinski definition) is 1. The van der Waals surface area contributed by atoms with Crippen molar-refractivity contribution in [2.75, 3.05) is 0 Å². The molecule has 0 fully saturated rings. The van der Waals surface area contributed by atoms with Gasteiger partial charge in [0.25, 0.3) is 0 Å². The Kier molecular flexibility index (Phi) is 3.19. The lowest BCUT2D eigenvalue weighted by molar-refractivity contribution is -0.142. The quantitative estimate of drug-likeness (QED) is 0.702. The van der Waals surface area contributed by atoms with Crippen molar-refractivity contribution in [2.45, 2.75) is 25.9 Å². The van der Waals surface area contributed by atoms with E-state index in [4.69, 9.17) is 0 Å². The number of pyridine rings is 1. The van der Waals surface area contributed by atoms with Crippen LogP contribution in [0.2, 0.25) is 0 Å². The third kappa shape index (κ3) is 2.47. The van der Waals surface area contributed by atoms with Gasteiger partial charge in [0.1, 0.15) is 10.3 Å². The smallest absolute Gasteiger partial charge is 0.236 e. The molecule has 0 radical (unpaired) electrons. The van der Waals surface area contributed by atoms with Gasteiger partial charge in [0.05, 0.1) is 0 Å². The summed E-state index contributed by atoms with van der Waals surface area (Å²) in [6, 6.07) is 2.97. The predicted molar refractivity (Wildman–Crippen MR) is 51.0 cm³/mol. The molecule has 0 bridgehead atoms. The van der Waals surface area contributed by atoms with Crippen molar-refractivity contribution in [1.82, 2.24) is 4.98 Å². The number of nitrogens with zero attached hydrogens (tertiary/aromatic N) is 1. The minimum atomic E-state index is -4.39. The van der Waals surface area contributed by atoms with Gasteiger partial charge in [0.2, 0.25) is 0 Å². The Balaban J connectivity index is 3.30. The highest BCUT2D eigenvalue weighted by Gasteiger charge is 2.36. The SMILES string of the molecule is CC(C)c1ccc(Br)nc1C(F)(F)F. The maximum atomic E-state index is 12.5. The lowest BCUT2D eigenvalue weighted by Gasteiger charge is -2.14. The highest BCUT2D eigenvalue weighted by molar-refractivity contribution is 9.10. The van der Waals surface area contributed by atoms with Crippen LogP contribution in [-0.2, 0) is 6.18 Å². The molecule has 78 valence electrons. The number of hydrogen-bond donors (Lipinski definition) is 0. The molecular weight excluding hydrogens is 259 g/mol. The fraction of sp³-hybridized carbons (Fsp3) is 0.444. The first-order valence-corrected chi connectivity index (χ1v) is 4.85. The Morgan fingerprint density at radius 2 is 1.86 bits per heavy atom. The van der Waals surface area contributed by atoms with Crippen LogP contribution < -0.4 is 0 Å². The van der Waals surface area contributed by atoms with Crippen LogP contribution in [-0.4, -0.2) is 4.98 Å². The van der Waals surface area contributed by atoms with E-state index in [1.54, 1.807) is 13.8 Å². The summed E-state index contributed by atoms with van der Waals surface area (Å²) < 4.78 is 37.7. The van der Waals surface area contributed by atoms with Crippen LogP contribution in [0.3, 0.4) is 0 Å². The molecule has 1 nitrogen and oxygen atoms in total. The number of rotatable bonds is 1. The summed E-state index contributed by atoms with van der Waals surface area (Å²) in [4.78, 5) is 3.46. The predicted octanol–water partition coefficient (Wildman–Crippen LogP) is 3.99. The third-order valence-corrected chi connectivity index (χ3v) is 2.22. The fourth-order valence-corrected chi connectivity index (χ4v) is 1.45. The van der Waals surface area contributed by atoms with Crippen molar-refractivity contribution in [2.24, 2.45) is 0 Å². The maximum absolute atomic E-state index is 12.5. The molecule has 0 aliphatic carbocycles. The summed E-state index contributed by atoms with van der Waals surface area (Å²) in [6.07, 6.45) is -4.39. The van der Waals surface area contributed by atoms with Crippen LogP contribution in [0.25, 0.3) is 0 Å². The molecule has 0 spiro atoms. The summed E-state index contributed by atoms with van der Waals surface area (Å²) in [7, 11) is 0. The van der Waals surface area contributed by atoms with E-state index in [1.807, 2.05) is 0 Å². The zero-order chi connectivity index (χ0) is 10.9. The van der Waals surface area contributed by atoms with E-state index in [0.29, 0.717) is 0 Å². The van der Waals surface area contributed by atoms with Crippen LogP contribution in [0.5, 0.6) is 0 Å². The second-order valence-electron chi connectivity index (χ2n) is 3.22. The first kappa shape index (κ1) is 11.5. The molecule has 0 aliphatic heterocycles. The summed E-state index contributed by atoms with van der Waals surface area (Å²) in [6.45, 7) is 3.42. The monoisotopic (exact) mass is 267 g/mol. The average molecular weight is 268 g/mol. The number of alkyl halides is 3. The van der Waals surface area contributed by atoms with Gasteiger partial charge in [-0.3, -0.25) is 0 Å². The second kappa shape index (κ2) is 3.88. The molecule has 0 saturated heterocycles. The Morgan fingerprint density at radius 3 is 2.29 bits per heavy atom. The van der Waals surface area contributed by atoms with E-state index in [2.05, 4.69) is 20.9 Å². The summed E-state index contributed by atoms with van der Waals surface area (Å²) in [5.74, 6) is -0.188. The summed E-state index contributed by atoms with van der Waals surface area (Å²) in [5.41, 5.74) is -0.581. The Bertz CT molecular complexity index is 333. The molecule has 0 aliphatic rings. The molecule has 0 amide bonds. The minimum absolute atomic E-state index is 0.188. The molecule has 1 rings (SSSR count). The van der Waals surface area contributed by atoms with Gasteiger partial charge in [-0.05, 0) is 33.5 Å². The van der Waals surface area contributed by atoms with Crippen molar-refractivity contribution in [1.29, 1.82) is 0 Å². The molecule has 5 heteroatoms. The maximum Gasteiger partial charge on any atom is 0.433 e. The van der Waals surface area contributed by atoms with Crippen molar-refractivity contribution in [3.63, 3.8) is 0 Å². The molecule has 14 heavy (non-hydrogen) atoms. The first-order valence-electron chi connectivity index (χ1n) is 4.06. The van der Waals surface area contributed by atoms with E-state index in [9.17, 15) is 13.2 Å². The van der Waals surface area contributed by atoms with E-state index in [1.165, 1.54) is 12.1 Å². The van der Waals surface area contributed by atoms with Gasteiger partial charge in [-0.2, -0.15) is 13.2 Å². The van der Waals surface area contributed by atoms with Gasteiger partial charge in [-0.1, -0.05) is 19.9 Å². The molecule has 0 unspecified atom stereocenters. The molecule has 0 atom stereocenters. The van der Waals surface area contributed by atoms with Crippen molar-refractivity contribution < 1.29 is 13.2 Å². The lowest BCUT2D eigenvalue weighted by Crippen LogP contribution is -2.12. The van der Waals surface area contributed by atoms with E-state index in [0.717, 1.165) is 0 Å². The molecule has 0 saturated carbocycles. The average Bonchev–Trinajstić information content (AvgIpc) is 2.01. The van der Waals surface area contributed by atoms with Gasteiger partial charge in [0.15, 0.2) is 0 Å². The standard InChI is InChI=1S/C9H9BrF3N/c1-5(2)6-3-4-7(10)14-8(6)9(11,12)13/h3-5H,1-2H3. The molecule has 1 aromatic rings. The van der Waals surface area contributed by atoms with Gasteiger partial charge in [0, 0.05) is 0 Å². The minimum Gasteiger partial charge on any atom is -0.236 e. The van der Waals surface area contributed by atoms with Crippen LogP contribution in [0.4, 0.5) is 13.2 Å². The fourth-order valence-electron chi connectivity index (χ4n) is 1.14. The summed E-state index contributed by atoms with van der Waals surface area (Å²) >= 11 is 2.93. The molecule has 0 N–H and O–H groups in total. The van der Waals surface area contributed by atoms with Crippen LogP contribution in [0, 0.1) is 0 Å². The lowest BCUT2D eigenvalue weighted by atomic mass is 10.0. The first-order chi connectivity index (χ1) is 6.32. The van der Waals surface area contributed by atoms with Crippen LogP contribution in [0.15, 0.2) is 16.7 Å². The van der Waals surface area contributed by atoms with Crippen LogP contribution in [0.1, 0.15) is 31.0 Å². The van der Waals surface area contributed by atoms with Gasteiger partial charge in [-0.15, -0.1) is 0 Å². The topological polar surface area (TPSA) is 12.9 Å². The highest BCUT2D eigenvalue weighted by Crippen LogP contribution is 2.34. The Morgan fingerprint density at radius 1 is 1.29 bits per heavy atom. The molecule has 1 heterocycles. The normalized spacial score (nSPS) is 12.2. The summed E-state index contributed by atoms with van der Waals surface area (Å²) in [5, 5.41) is 0. The number of aromatic nitrogens is 1.